The molecule has 0 spiro atoms. The number of hydrogen-bond acceptors (Lipinski definition) is 8. The summed E-state index contributed by atoms with van der Waals surface area (Å²) in [6.07, 6.45) is 0. The first-order valence-electron chi connectivity index (χ1n) is 11.8. The summed E-state index contributed by atoms with van der Waals surface area (Å²) in [6.45, 7) is 0. The summed E-state index contributed by atoms with van der Waals surface area (Å²) < 4.78 is 0. The molecule has 0 unspecified atom stereocenters. The Morgan fingerprint density at radius 3 is 1.27 bits per heavy atom. The third kappa shape index (κ3) is 3.26. The maximum absolute atomic E-state index is 13.6. The smallest absolute Gasteiger partial charge is 0.270 e. The second-order valence-corrected chi connectivity index (χ2v) is 9.40. The number of imide groups is 2. The summed E-state index contributed by atoms with van der Waals surface area (Å²) in [5, 5.41) is 23.1. The van der Waals surface area contributed by atoms with Gasteiger partial charge in [0.25, 0.3) is 35.0 Å². The van der Waals surface area contributed by atoms with Gasteiger partial charge in [0.05, 0.1) is 21.0 Å². The summed E-state index contributed by atoms with van der Waals surface area (Å²) in [5.41, 5.74) is 0.443. The molecule has 0 saturated heterocycles. The highest BCUT2D eigenvalue weighted by Crippen LogP contribution is 2.46. The van der Waals surface area contributed by atoms with Crippen molar-refractivity contribution in [1.82, 2.24) is 9.80 Å². The fraction of sp³-hybridized carbons (Fsp3) is 0.0714. The molecule has 12 nitrogen and oxygen atoms in total. The van der Waals surface area contributed by atoms with E-state index in [-0.39, 0.29) is 66.7 Å². The standard InChI is InChI=1S/C28H16N4O8/c1-29-25(33)19-11-18(14-6-4-8-16(10-14)32(39)40)24-22-20(26(34)30(2)28(24)36)12-17(23(21(19)22)27(29)35)13-5-3-7-15(9-13)31(37)38/h3-12H,1-2H3. The number of hydrogen-bond donors (Lipinski definition) is 0. The Morgan fingerprint density at radius 2 is 0.925 bits per heavy atom. The number of carbonyl (C=O) groups is 4. The molecular formula is C28H16N4O8. The molecule has 6 rings (SSSR count). The van der Waals surface area contributed by atoms with E-state index in [1.165, 1.54) is 62.6 Å². The van der Waals surface area contributed by atoms with Crippen LogP contribution in [0.25, 0.3) is 33.0 Å². The van der Waals surface area contributed by atoms with E-state index < -0.39 is 33.5 Å². The third-order valence-corrected chi connectivity index (χ3v) is 7.25. The van der Waals surface area contributed by atoms with Crippen molar-refractivity contribution >= 4 is 45.8 Å². The Bertz CT molecular complexity index is 1790. The van der Waals surface area contributed by atoms with Crippen molar-refractivity contribution in [1.29, 1.82) is 0 Å². The van der Waals surface area contributed by atoms with Crippen LogP contribution in [0.15, 0.2) is 60.7 Å². The van der Waals surface area contributed by atoms with Crippen molar-refractivity contribution in [3.63, 3.8) is 0 Å². The molecule has 12 heteroatoms. The van der Waals surface area contributed by atoms with E-state index in [1.54, 1.807) is 12.1 Å². The predicted molar refractivity (Wildman–Crippen MR) is 141 cm³/mol. The quantitative estimate of drug-likeness (QED) is 0.210. The Labute approximate surface area is 224 Å². The van der Waals surface area contributed by atoms with Crippen LogP contribution in [0, 0.1) is 20.2 Å². The number of benzene rings is 4. The first kappa shape index (κ1) is 24.6. The predicted octanol–water partition coefficient (Wildman–Crippen LogP) is 4.44. The zero-order valence-electron chi connectivity index (χ0n) is 20.8. The maximum atomic E-state index is 13.6. The number of nitro groups is 2. The molecule has 0 aliphatic carbocycles. The first-order chi connectivity index (χ1) is 19.0. The molecule has 0 bridgehead atoms. The minimum Gasteiger partial charge on any atom is -0.277 e. The molecule has 2 aliphatic rings. The molecule has 0 saturated carbocycles. The molecular weight excluding hydrogens is 520 g/mol. The fourth-order valence-electron chi connectivity index (χ4n) is 5.33. The lowest BCUT2D eigenvalue weighted by molar-refractivity contribution is -0.385. The summed E-state index contributed by atoms with van der Waals surface area (Å²) in [7, 11) is 2.56. The van der Waals surface area contributed by atoms with Crippen LogP contribution in [-0.2, 0) is 0 Å². The van der Waals surface area contributed by atoms with Crippen molar-refractivity contribution in [2.75, 3.05) is 14.1 Å². The monoisotopic (exact) mass is 536 g/mol. The minimum absolute atomic E-state index is 0.00773. The third-order valence-electron chi connectivity index (χ3n) is 7.25. The number of non-ortho nitro benzene ring substituents is 2. The average Bonchev–Trinajstić information content (AvgIpc) is 2.95. The van der Waals surface area contributed by atoms with E-state index in [9.17, 15) is 39.4 Å². The normalized spacial score (nSPS) is 14.2. The van der Waals surface area contributed by atoms with E-state index in [0.717, 1.165) is 9.80 Å². The Hall–Kier alpha value is -5.78. The molecule has 0 fully saturated rings. The molecule has 2 aliphatic heterocycles. The zero-order valence-corrected chi connectivity index (χ0v) is 20.8. The van der Waals surface area contributed by atoms with Gasteiger partial charge in [0.1, 0.15) is 0 Å². The molecule has 0 atom stereocenters. The molecule has 4 amide bonds. The van der Waals surface area contributed by atoms with Crippen LogP contribution in [-0.4, -0.2) is 57.4 Å². The lowest BCUT2D eigenvalue weighted by atomic mass is 9.79. The summed E-state index contributed by atoms with van der Waals surface area (Å²) in [6, 6.07) is 13.8. The van der Waals surface area contributed by atoms with Crippen LogP contribution < -0.4 is 0 Å². The van der Waals surface area contributed by atoms with Gasteiger partial charge in [0, 0.05) is 60.3 Å². The highest BCUT2D eigenvalue weighted by molar-refractivity contribution is 6.36. The number of carbonyl (C=O) groups excluding carboxylic acids is 4. The molecule has 0 N–H and O–H groups in total. The van der Waals surface area contributed by atoms with Gasteiger partial charge < -0.3 is 0 Å². The second-order valence-electron chi connectivity index (χ2n) is 9.40. The van der Waals surface area contributed by atoms with Crippen molar-refractivity contribution < 1.29 is 29.0 Å². The lowest BCUT2D eigenvalue weighted by Gasteiger charge is -2.32. The Kier molecular flexibility index (Phi) is 5.13. The molecule has 40 heavy (non-hydrogen) atoms. The highest BCUT2D eigenvalue weighted by atomic mass is 16.6. The van der Waals surface area contributed by atoms with E-state index >= 15 is 0 Å². The average molecular weight is 536 g/mol. The van der Waals surface area contributed by atoms with E-state index in [1.807, 2.05) is 0 Å². The summed E-state index contributed by atoms with van der Waals surface area (Å²) in [5.74, 6) is -2.81. The van der Waals surface area contributed by atoms with Crippen LogP contribution in [0.2, 0.25) is 0 Å². The summed E-state index contributed by atoms with van der Waals surface area (Å²) in [4.78, 5) is 77.6. The van der Waals surface area contributed by atoms with Gasteiger partial charge >= 0.3 is 0 Å². The van der Waals surface area contributed by atoms with Crippen LogP contribution in [0.3, 0.4) is 0 Å². The highest BCUT2D eigenvalue weighted by Gasteiger charge is 2.41. The van der Waals surface area contributed by atoms with E-state index in [4.69, 9.17) is 0 Å². The molecule has 0 radical (unpaired) electrons. The van der Waals surface area contributed by atoms with Crippen molar-refractivity contribution in [3.05, 3.63) is 103 Å². The van der Waals surface area contributed by atoms with Crippen molar-refractivity contribution in [2.24, 2.45) is 0 Å². The van der Waals surface area contributed by atoms with Crippen molar-refractivity contribution in [2.45, 2.75) is 0 Å². The van der Waals surface area contributed by atoms with Gasteiger partial charge in [-0.2, -0.15) is 0 Å². The van der Waals surface area contributed by atoms with Crippen LogP contribution in [0.4, 0.5) is 11.4 Å². The molecule has 0 aromatic heterocycles. The van der Waals surface area contributed by atoms with Crippen LogP contribution in [0.5, 0.6) is 0 Å². The lowest BCUT2D eigenvalue weighted by Crippen LogP contribution is -2.41. The number of nitro benzene ring substituents is 2. The van der Waals surface area contributed by atoms with E-state index in [0.29, 0.717) is 0 Å². The SMILES string of the molecule is CN1C(=O)c2cc(-c3cccc([N+](=O)[O-])c3)c3c4c(cc(-c5cccc([N+](=O)[O-])c5)c(c24)C1=O)C(=O)N(C)C3=O. The Balaban J connectivity index is 1.81. The molecule has 4 aromatic carbocycles. The second kappa shape index (κ2) is 8.36. The fourth-order valence-corrected chi connectivity index (χ4v) is 5.33. The number of rotatable bonds is 4. The van der Waals surface area contributed by atoms with Gasteiger partial charge in [-0.25, -0.2) is 0 Å². The van der Waals surface area contributed by atoms with Crippen LogP contribution in [0.1, 0.15) is 41.4 Å². The van der Waals surface area contributed by atoms with Gasteiger partial charge in [-0.15, -0.1) is 0 Å². The molecule has 196 valence electrons. The van der Waals surface area contributed by atoms with Gasteiger partial charge in [-0.1, -0.05) is 24.3 Å². The zero-order chi connectivity index (χ0) is 28.6. The maximum Gasteiger partial charge on any atom is 0.270 e. The Morgan fingerprint density at radius 1 is 0.550 bits per heavy atom. The molecule has 4 aromatic rings. The van der Waals surface area contributed by atoms with Gasteiger partial charge in [0.2, 0.25) is 0 Å². The van der Waals surface area contributed by atoms with E-state index in [2.05, 4.69) is 0 Å². The largest absolute Gasteiger partial charge is 0.277 e. The van der Waals surface area contributed by atoms with Crippen molar-refractivity contribution in [3.8, 4) is 22.3 Å². The number of amides is 4. The minimum atomic E-state index is -0.710. The first-order valence-corrected chi connectivity index (χ1v) is 11.8. The summed E-state index contributed by atoms with van der Waals surface area (Å²) >= 11 is 0. The van der Waals surface area contributed by atoms with Crippen LogP contribution >= 0.6 is 0 Å². The number of nitrogens with zero attached hydrogens (tertiary/aromatic N) is 4. The van der Waals surface area contributed by atoms with Gasteiger partial charge in [-0.05, 0) is 34.4 Å². The van der Waals surface area contributed by atoms with Gasteiger partial charge in [0.15, 0.2) is 0 Å². The van der Waals surface area contributed by atoms with Gasteiger partial charge in [-0.3, -0.25) is 49.2 Å². The topological polar surface area (TPSA) is 161 Å². The molecule has 2 heterocycles.